The molecule has 3 N–H and O–H groups in total. The Bertz CT molecular complexity index is 52.2. The summed E-state index contributed by atoms with van der Waals surface area (Å²) in [5.41, 5.74) is 0. The Labute approximate surface area is 60.8 Å². The zero-order chi connectivity index (χ0) is 7.66. The number of hydrogen-bond donors (Lipinski definition) is 3. The molecule has 0 spiro atoms. The first-order valence-corrected chi connectivity index (χ1v) is 3.42. The van der Waals surface area contributed by atoms with Gasteiger partial charge in [-0.2, -0.15) is 0 Å². The maximum Gasteiger partial charge on any atom is 0.0701 e. The summed E-state index contributed by atoms with van der Waals surface area (Å²) in [6, 6.07) is 0. The van der Waals surface area contributed by atoms with Gasteiger partial charge in [0.15, 0.2) is 0 Å². The number of aliphatic hydroxyl groups is 2. The van der Waals surface area contributed by atoms with Crippen LogP contribution in [-0.4, -0.2) is 49.7 Å². The van der Waals surface area contributed by atoms with Gasteiger partial charge < -0.3 is 20.3 Å². The van der Waals surface area contributed by atoms with E-state index in [0.717, 1.165) is 13.2 Å². The average molecular weight is 149 g/mol. The summed E-state index contributed by atoms with van der Waals surface area (Å²) in [5, 5.41) is 19.1. The summed E-state index contributed by atoms with van der Waals surface area (Å²) in [6.45, 7) is 3.42. The Morgan fingerprint density at radius 1 is 1.10 bits per heavy atom. The van der Waals surface area contributed by atoms with Gasteiger partial charge in [0.2, 0.25) is 0 Å². The second kappa shape index (κ2) is 8.84. The number of epoxide rings is 1. The summed E-state index contributed by atoms with van der Waals surface area (Å²) in [4.78, 5) is 0. The van der Waals surface area contributed by atoms with Crippen LogP contribution in [-0.2, 0) is 4.74 Å². The van der Waals surface area contributed by atoms with Gasteiger partial charge in [0, 0.05) is 13.1 Å². The quantitative estimate of drug-likeness (QED) is 0.339. The molecule has 4 nitrogen and oxygen atoms in total. The van der Waals surface area contributed by atoms with Crippen LogP contribution >= 0.6 is 0 Å². The van der Waals surface area contributed by atoms with Crippen LogP contribution in [0.4, 0.5) is 0 Å². The highest BCUT2D eigenvalue weighted by Crippen LogP contribution is 1.84. The second-order valence-electron chi connectivity index (χ2n) is 1.81. The van der Waals surface area contributed by atoms with Crippen LogP contribution in [0.5, 0.6) is 0 Å². The standard InChI is InChI=1S/C4H11NO2.C2H4O/c6-3-1-5-2-4-7;1-2-3-1/h5-7H,1-4H2;1-2H2. The molecule has 62 valence electrons. The maximum absolute atomic E-state index is 8.15. The lowest BCUT2D eigenvalue weighted by Crippen LogP contribution is -2.21. The number of nitrogens with one attached hydrogen (secondary N) is 1. The summed E-state index contributed by atoms with van der Waals surface area (Å²) in [6.07, 6.45) is 0. The highest BCUT2D eigenvalue weighted by molar-refractivity contribution is 4.39. The second-order valence-corrected chi connectivity index (χ2v) is 1.81. The van der Waals surface area contributed by atoms with E-state index in [2.05, 4.69) is 10.1 Å². The third kappa shape index (κ3) is 15.7. The van der Waals surface area contributed by atoms with Crippen LogP contribution in [0.3, 0.4) is 0 Å². The fourth-order valence-electron chi connectivity index (χ4n) is 0.283. The fourth-order valence-corrected chi connectivity index (χ4v) is 0.283. The van der Waals surface area contributed by atoms with Crippen molar-refractivity contribution in [1.29, 1.82) is 0 Å². The Morgan fingerprint density at radius 2 is 1.50 bits per heavy atom. The van der Waals surface area contributed by atoms with Gasteiger partial charge in [0.05, 0.1) is 26.4 Å². The van der Waals surface area contributed by atoms with E-state index in [9.17, 15) is 0 Å². The highest BCUT2D eigenvalue weighted by atomic mass is 16.6. The third-order valence-electron chi connectivity index (χ3n) is 0.781. The van der Waals surface area contributed by atoms with Crippen molar-refractivity contribution in [2.24, 2.45) is 0 Å². The molecule has 0 saturated carbocycles. The van der Waals surface area contributed by atoms with Gasteiger partial charge in [0.1, 0.15) is 0 Å². The summed E-state index contributed by atoms with van der Waals surface area (Å²) >= 11 is 0. The first-order valence-electron chi connectivity index (χ1n) is 3.42. The topological polar surface area (TPSA) is 65.0 Å². The van der Waals surface area contributed by atoms with E-state index in [1.807, 2.05) is 0 Å². The molecule has 1 aliphatic rings. The number of hydrogen-bond acceptors (Lipinski definition) is 4. The first kappa shape index (κ1) is 9.84. The largest absolute Gasteiger partial charge is 0.395 e. The molecule has 0 unspecified atom stereocenters. The number of aliphatic hydroxyl groups excluding tert-OH is 2. The van der Waals surface area contributed by atoms with Crippen molar-refractivity contribution in [3.8, 4) is 0 Å². The Kier molecular flexibility index (Phi) is 8.70. The molecule has 0 bridgehead atoms. The molecule has 0 atom stereocenters. The van der Waals surface area contributed by atoms with Crippen LogP contribution in [0.25, 0.3) is 0 Å². The predicted molar refractivity (Wildman–Crippen MR) is 37.9 cm³/mol. The Balaban J connectivity index is 0.000000219. The predicted octanol–water partition coefficient (Wildman–Crippen LogP) is -1.42. The normalized spacial score (nSPS) is 13.8. The van der Waals surface area contributed by atoms with Crippen LogP contribution in [0.15, 0.2) is 0 Å². The van der Waals surface area contributed by atoms with Crippen molar-refractivity contribution in [2.75, 3.05) is 39.5 Å². The van der Waals surface area contributed by atoms with Gasteiger partial charge in [-0.1, -0.05) is 0 Å². The number of rotatable bonds is 4. The van der Waals surface area contributed by atoms with Crippen molar-refractivity contribution in [1.82, 2.24) is 5.32 Å². The number of ether oxygens (including phenoxy) is 1. The van der Waals surface area contributed by atoms with Crippen molar-refractivity contribution in [3.05, 3.63) is 0 Å². The lowest BCUT2D eigenvalue weighted by Gasteiger charge is -1.94. The van der Waals surface area contributed by atoms with E-state index < -0.39 is 0 Å². The van der Waals surface area contributed by atoms with Crippen molar-refractivity contribution >= 4 is 0 Å². The highest BCUT2D eigenvalue weighted by Gasteiger charge is 1.94. The Morgan fingerprint density at radius 3 is 1.70 bits per heavy atom. The van der Waals surface area contributed by atoms with E-state index in [0.29, 0.717) is 13.1 Å². The molecular weight excluding hydrogens is 134 g/mol. The van der Waals surface area contributed by atoms with Gasteiger partial charge in [-0.25, -0.2) is 0 Å². The SMILES string of the molecule is C1CO1.OCCNCCO. The zero-order valence-corrected chi connectivity index (χ0v) is 6.05. The van der Waals surface area contributed by atoms with Gasteiger partial charge in [-0.05, 0) is 0 Å². The van der Waals surface area contributed by atoms with E-state index >= 15 is 0 Å². The third-order valence-corrected chi connectivity index (χ3v) is 0.781. The van der Waals surface area contributed by atoms with E-state index in [4.69, 9.17) is 10.2 Å². The van der Waals surface area contributed by atoms with Crippen LogP contribution < -0.4 is 5.32 Å². The molecule has 0 aromatic carbocycles. The molecule has 0 aromatic heterocycles. The smallest absolute Gasteiger partial charge is 0.0701 e. The average Bonchev–Trinajstić information content (AvgIpc) is 2.73. The maximum atomic E-state index is 8.15. The summed E-state index contributed by atoms with van der Waals surface area (Å²) in [5.74, 6) is 0. The minimum absolute atomic E-state index is 0.139. The minimum atomic E-state index is 0.139. The molecule has 0 amide bonds. The lowest BCUT2D eigenvalue weighted by atomic mass is 10.6. The van der Waals surface area contributed by atoms with E-state index in [1.165, 1.54) is 0 Å². The van der Waals surface area contributed by atoms with Crippen LogP contribution in [0, 0.1) is 0 Å². The fraction of sp³-hybridized carbons (Fsp3) is 1.00. The van der Waals surface area contributed by atoms with Crippen LogP contribution in [0.2, 0.25) is 0 Å². The molecule has 1 aliphatic heterocycles. The first-order chi connectivity index (χ1) is 4.91. The molecule has 10 heavy (non-hydrogen) atoms. The summed E-state index contributed by atoms with van der Waals surface area (Å²) < 4.78 is 4.50. The lowest BCUT2D eigenvalue weighted by molar-refractivity contribution is 0.267. The minimum Gasteiger partial charge on any atom is -0.395 e. The molecule has 4 heteroatoms. The molecule has 0 radical (unpaired) electrons. The molecule has 0 aromatic rings. The van der Waals surface area contributed by atoms with Crippen molar-refractivity contribution in [2.45, 2.75) is 0 Å². The van der Waals surface area contributed by atoms with Crippen molar-refractivity contribution in [3.63, 3.8) is 0 Å². The molecule has 1 fully saturated rings. The van der Waals surface area contributed by atoms with Gasteiger partial charge >= 0.3 is 0 Å². The molecular formula is C6H15NO3. The molecule has 1 rings (SSSR count). The van der Waals surface area contributed by atoms with Gasteiger partial charge in [-0.15, -0.1) is 0 Å². The molecule has 1 heterocycles. The van der Waals surface area contributed by atoms with E-state index in [1.54, 1.807) is 0 Å². The van der Waals surface area contributed by atoms with Crippen molar-refractivity contribution < 1.29 is 14.9 Å². The Hall–Kier alpha value is -0.160. The van der Waals surface area contributed by atoms with Gasteiger partial charge in [-0.3, -0.25) is 0 Å². The summed E-state index contributed by atoms with van der Waals surface area (Å²) in [7, 11) is 0. The van der Waals surface area contributed by atoms with Gasteiger partial charge in [0.25, 0.3) is 0 Å². The monoisotopic (exact) mass is 149 g/mol. The van der Waals surface area contributed by atoms with E-state index in [-0.39, 0.29) is 13.2 Å². The molecule has 1 saturated heterocycles. The molecule has 0 aliphatic carbocycles. The van der Waals surface area contributed by atoms with Crippen LogP contribution in [0.1, 0.15) is 0 Å². The zero-order valence-electron chi connectivity index (χ0n) is 6.05.